The second-order valence-electron chi connectivity index (χ2n) is 5.61. The van der Waals surface area contributed by atoms with E-state index >= 15 is 0 Å². The summed E-state index contributed by atoms with van der Waals surface area (Å²) in [6, 6.07) is 0.606. The number of nitrogens with zero attached hydrogens (tertiary/aromatic N) is 1. The average Bonchev–Trinajstić information content (AvgIpc) is 2.37. The summed E-state index contributed by atoms with van der Waals surface area (Å²) in [5.41, 5.74) is 0. The molecule has 0 aromatic heterocycles. The molecule has 2 aliphatic rings. The first-order chi connectivity index (χ1) is 8.33. The van der Waals surface area contributed by atoms with Gasteiger partial charge in [-0.2, -0.15) is 0 Å². The van der Waals surface area contributed by atoms with E-state index in [9.17, 15) is 5.11 Å². The molecule has 0 bridgehead atoms. The maximum atomic E-state index is 10.2. The van der Waals surface area contributed by atoms with Gasteiger partial charge in [-0.05, 0) is 32.2 Å². The first-order valence-electron chi connectivity index (χ1n) is 7.24. The van der Waals surface area contributed by atoms with Gasteiger partial charge in [0.2, 0.25) is 0 Å². The standard InChI is InChI=1S/C14H27NO2/c1-17-11-10-15-9-5-4-7-13(15)12-6-2-3-8-14(12)16/h12-14,16H,2-11H2,1H3. The second kappa shape index (κ2) is 6.72. The lowest BCUT2D eigenvalue weighted by Gasteiger charge is -2.43. The van der Waals surface area contributed by atoms with Crippen LogP contribution >= 0.6 is 0 Å². The van der Waals surface area contributed by atoms with Crippen LogP contribution < -0.4 is 0 Å². The molecule has 1 aliphatic heterocycles. The van der Waals surface area contributed by atoms with E-state index in [2.05, 4.69) is 4.90 Å². The van der Waals surface area contributed by atoms with Crippen molar-refractivity contribution >= 4 is 0 Å². The Morgan fingerprint density at radius 2 is 1.88 bits per heavy atom. The van der Waals surface area contributed by atoms with Crippen LogP contribution in [0.5, 0.6) is 0 Å². The van der Waals surface area contributed by atoms with Crippen molar-refractivity contribution in [1.29, 1.82) is 0 Å². The minimum absolute atomic E-state index is 0.0584. The molecule has 0 spiro atoms. The highest BCUT2D eigenvalue weighted by Gasteiger charge is 2.35. The highest BCUT2D eigenvalue weighted by molar-refractivity contribution is 4.88. The highest BCUT2D eigenvalue weighted by atomic mass is 16.5. The number of aliphatic hydroxyl groups excluding tert-OH is 1. The molecule has 3 nitrogen and oxygen atoms in total. The normalized spacial score (nSPS) is 36.0. The van der Waals surface area contributed by atoms with Gasteiger partial charge in [0.15, 0.2) is 0 Å². The quantitative estimate of drug-likeness (QED) is 0.817. The maximum Gasteiger partial charge on any atom is 0.0589 e. The Hall–Kier alpha value is -0.120. The van der Waals surface area contributed by atoms with Crippen LogP contribution in [0.4, 0.5) is 0 Å². The first-order valence-corrected chi connectivity index (χ1v) is 7.24. The monoisotopic (exact) mass is 241 g/mol. The number of hydrogen-bond donors (Lipinski definition) is 1. The SMILES string of the molecule is COCCN1CCCCC1C1CCCCC1O. The summed E-state index contributed by atoms with van der Waals surface area (Å²) < 4.78 is 5.20. The molecule has 0 aromatic rings. The van der Waals surface area contributed by atoms with Crippen molar-refractivity contribution in [3.05, 3.63) is 0 Å². The van der Waals surface area contributed by atoms with Crippen LogP contribution in [0.1, 0.15) is 44.9 Å². The molecule has 2 rings (SSSR count). The topological polar surface area (TPSA) is 32.7 Å². The minimum Gasteiger partial charge on any atom is -0.393 e. The van der Waals surface area contributed by atoms with E-state index in [0.29, 0.717) is 12.0 Å². The summed E-state index contributed by atoms with van der Waals surface area (Å²) in [5, 5.41) is 10.2. The van der Waals surface area contributed by atoms with Gasteiger partial charge in [0.05, 0.1) is 12.7 Å². The Kier molecular flexibility index (Phi) is 5.26. The molecular formula is C14H27NO2. The van der Waals surface area contributed by atoms with Crippen molar-refractivity contribution in [3.63, 3.8) is 0 Å². The summed E-state index contributed by atoms with van der Waals surface area (Å²) in [6.07, 6.45) is 8.59. The van der Waals surface area contributed by atoms with Crippen molar-refractivity contribution in [2.75, 3.05) is 26.8 Å². The smallest absolute Gasteiger partial charge is 0.0589 e. The van der Waals surface area contributed by atoms with E-state index in [4.69, 9.17) is 4.74 Å². The summed E-state index contributed by atoms with van der Waals surface area (Å²) in [7, 11) is 1.77. The number of aliphatic hydroxyl groups is 1. The van der Waals surface area contributed by atoms with E-state index in [1.807, 2.05) is 0 Å². The number of likely N-dealkylation sites (tertiary alicyclic amines) is 1. The van der Waals surface area contributed by atoms with E-state index < -0.39 is 0 Å². The third kappa shape index (κ3) is 3.43. The van der Waals surface area contributed by atoms with Crippen molar-refractivity contribution in [2.45, 2.75) is 57.1 Å². The lowest BCUT2D eigenvalue weighted by Crippen LogP contribution is -2.49. The molecule has 0 radical (unpaired) electrons. The van der Waals surface area contributed by atoms with E-state index in [-0.39, 0.29) is 6.10 Å². The van der Waals surface area contributed by atoms with Crippen LogP contribution in [0.15, 0.2) is 0 Å². The zero-order chi connectivity index (χ0) is 12.1. The van der Waals surface area contributed by atoms with E-state index in [1.54, 1.807) is 7.11 Å². The van der Waals surface area contributed by atoms with E-state index in [0.717, 1.165) is 19.6 Å². The summed E-state index contributed by atoms with van der Waals surface area (Å²) in [4.78, 5) is 2.56. The fourth-order valence-electron chi connectivity index (χ4n) is 3.58. The largest absolute Gasteiger partial charge is 0.393 e. The Morgan fingerprint density at radius 3 is 2.65 bits per heavy atom. The van der Waals surface area contributed by atoms with Crippen molar-refractivity contribution in [3.8, 4) is 0 Å². The molecule has 3 atom stereocenters. The molecule has 2 fully saturated rings. The number of hydrogen-bond acceptors (Lipinski definition) is 3. The van der Waals surface area contributed by atoms with Gasteiger partial charge in [0, 0.05) is 25.6 Å². The van der Waals surface area contributed by atoms with Crippen molar-refractivity contribution in [2.24, 2.45) is 5.92 Å². The van der Waals surface area contributed by atoms with Crippen LogP contribution in [-0.2, 0) is 4.74 Å². The summed E-state index contributed by atoms with van der Waals surface area (Å²) >= 11 is 0. The summed E-state index contributed by atoms with van der Waals surface area (Å²) in [5.74, 6) is 0.515. The predicted octanol–water partition coefficient (Wildman–Crippen LogP) is 2.04. The fourth-order valence-corrected chi connectivity index (χ4v) is 3.58. The minimum atomic E-state index is -0.0584. The molecule has 17 heavy (non-hydrogen) atoms. The average molecular weight is 241 g/mol. The Labute approximate surface area is 105 Å². The van der Waals surface area contributed by atoms with Gasteiger partial charge in [0.25, 0.3) is 0 Å². The van der Waals surface area contributed by atoms with Gasteiger partial charge < -0.3 is 9.84 Å². The number of ether oxygens (including phenoxy) is 1. The lowest BCUT2D eigenvalue weighted by atomic mass is 9.78. The zero-order valence-electron chi connectivity index (χ0n) is 11.1. The number of rotatable bonds is 4. The number of piperidine rings is 1. The van der Waals surface area contributed by atoms with Crippen LogP contribution in [0, 0.1) is 5.92 Å². The molecule has 1 N–H and O–H groups in total. The van der Waals surface area contributed by atoms with Crippen LogP contribution in [0.3, 0.4) is 0 Å². The highest BCUT2D eigenvalue weighted by Crippen LogP contribution is 2.33. The Morgan fingerprint density at radius 1 is 1.12 bits per heavy atom. The fraction of sp³-hybridized carbons (Fsp3) is 1.00. The van der Waals surface area contributed by atoms with Gasteiger partial charge in [-0.1, -0.05) is 19.3 Å². The van der Waals surface area contributed by atoms with Gasteiger partial charge in [-0.15, -0.1) is 0 Å². The van der Waals surface area contributed by atoms with Crippen molar-refractivity contribution in [1.82, 2.24) is 4.90 Å². The third-order valence-electron chi connectivity index (χ3n) is 4.52. The lowest BCUT2D eigenvalue weighted by molar-refractivity contribution is -0.0126. The van der Waals surface area contributed by atoms with Gasteiger partial charge in [-0.3, -0.25) is 4.90 Å². The second-order valence-corrected chi connectivity index (χ2v) is 5.61. The predicted molar refractivity (Wildman–Crippen MR) is 69.1 cm³/mol. The molecule has 3 heteroatoms. The molecule has 0 amide bonds. The van der Waals surface area contributed by atoms with Gasteiger partial charge in [-0.25, -0.2) is 0 Å². The molecule has 1 saturated heterocycles. The first kappa shape index (κ1) is 13.3. The van der Waals surface area contributed by atoms with Crippen molar-refractivity contribution < 1.29 is 9.84 Å². The Bertz CT molecular complexity index is 222. The molecule has 1 heterocycles. The van der Waals surface area contributed by atoms with Crippen LogP contribution in [0.25, 0.3) is 0 Å². The third-order valence-corrected chi connectivity index (χ3v) is 4.52. The van der Waals surface area contributed by atoms with Gasteiger partial charge >= 0.3 is 0 Å². The van der Waals surface area contributed by atoms with Gasteiger partial charge in [0.1, 0.15) is 0 Å². The molecular weight excluding hydrogens is 214 g/mol. The van der Waals surface area contributed by atoms with Crippen LogP contribution in [0.2, 0.25) is 0 Å². The maximum absolute atomic E-state index is 10.2. The molecule has 100 valence electrons. The molecule has 1 aliphatic carbocycles. The molecule has 3 unspecified atom stereocenters. The Balaban J connectivity index is 1.94. The summed E-state index contributed by atoms with van der Waals surface area (Å²) in [6.45, 7) is 3.04. The molecule has 0 aromatic carbocycles. The molecule has 1 saturated carbocycles. The van der Waals surface area contributed by atoms with E-state index in [1.165, 1.54) is 45.1 Å². The van der Waals surface area contributed by atoms with Crippen LogP contribution in [-0.4, -0.2) is 49.0 Å². The zero-order valence-corrected chi connectivity index (χ0v) is 11.1. The number of methoxy groups -OCH3 is 1.